The molecule has 0 radical (unpaired) electrons. The van der Waals surface area contributed by atoms with Gasteiger partial charge in [0.15, 0.2) is 0 Å². The van der Waals surface area contributed by atoms with Crippen molar-refractivity contribution in [2.24, 2.45) is 7.05 Å². The number of nitrogens with one attached hydrogen (secondary N) is 2. The van der Waals surface area contributed by atoms with E-state index in [1.807, 2.05) is 54.1 Å². The fourth-order valence-corrected chi connectivity index (χ4v) is 4.62. The minimum Gasteiger partial charge on any atom is -0.495 e. The van der Waals surface area contributed by atoms with E-state index >= 15 is 0 Å². The van der Waals surface area contributed by atoms with Gasteiger partial charge in [0.05, 0.1) is 23.8 Å². The molecule has 39 heavy (non-hydrogen) atoms. The van der Waals surface area contributed by atoms with E-state index in [0.717, 1.165) is 61.6 Å². The van der Waals surface area contributed by atoms with Gasteiger partial charge in [0.1, 0.15) is 22.9 Å². The number of carbonyl (C=O) groups is 1. The van der Waals surface area contributed by atoms with E-state index in [1.165, 1.54) is 0 Å². The van der Waals surface area contributed by atoms with E-state index in [4.69, 9.17) is 14.5 Å². The number of amides is 1. The van der Waals surface area contributed by atoms with Gasteiger partial charge >= 0.3 is 0 Å². The van der Waals surface area contributed by atoms with Crippen molar-refractivity contribution in [1.82, 2.24) is 29.7 Å². The number of hydrogen-bond acceptors (Lipinski definition) is 8. The van der Waals surface area contributed by atoms with Gasteiger partial charge in [-0.2, -0.15) is 0 Å². The van der Waals surface area contributed by atoms with Crippen molar-refractivity contribution < 1.29 is 14.3 Å². The zero-order valence-electron chi connectivity index (χ0n) is 22.7. The highest BCUT2D eigenvalue weighted by Crippen LogP contribution is 2.30. The summed E-state index contributed by atoms with van der Waals surface area (Å²) in [6.45, 7) is 5.94. The molecule has 10 heteroatoms. The molecular formula is C29H35N7O3. The number of fused-ring (bicyclic) bond motifs is 1. The minimum atomic E-state index is -0.203. The number of methoxy groups -OCH3 is 1. The minimum absolute atomic E-state index is 0.203. The lowest BCUT2D eigenvalue weighted by molar-refractivity contribution is 0.0944. The number of nitrogens with zero attached hydrogens (tertiary/aromatic N) is 5. The van der Waals surface area contributed by atoms with Gasteiger partial charge < -0.3 is 34.5 Å². The van der Waals surface area contributed by atoms with E-state index in [2.05, 4.69) is 32.5 Å². The molecule has 204 valence electrons. The van der Waals surface area contributed by atoms with Crippen molar-refractivity contribution in [2.45, 2.75) is 6.42 Å². The van der Waals surface area contributed by atoms with Crippen LogP contribution in [-0.2, 0) is 7.05 Å². The Morgan fingerprint density at radius 2 is 1.79 bits per heavy atom. The summed E-state index contributed by atoms with van der Waals surface area (Å²) in [4.78, 5) is 26.4. The largest absolute Gasteiger partial charge is 0.495 e. The summed E-state index contributed by atoms with van der Waals surface area (Å²) >= 11 is 0. The van der Waals surface area contributed by atoms with Gasteiger partial charge in [0.25, 0.3) is 5.91 Å². The zero-order chi connectivity index (χ0) is 27.2. The summed E-state index contributed by atoms with van der Waals surface area (Å²) in [5.74, 6) is 2.37. The first-order valence-corrected chi connectivity index (χ1v) is 13.2. The Balaban J connectivity index is 1.20. The van der Waals surface area contributed by atoms with Gasteiger partial charge in [-0.25, -0.2) is 4.98 Å². The van der Waals surface area contributed by atoms with Crippen LogP contribution in [0.1, 0.15) is 16.9 Å². The summed E-state index contributed by atoms with van der Waals surface area (Å²) in [6, 6.07) is 16.8. The average molecular weight is 530 g/mol. The summed E-state index contributed by atoms with van der Waals surface area (Å²) < 4.78 is 13.5. The molecule has 2 aromatic carbocycles. The van der Waals surface area contributed by atoms with Crippen LogP contribution in [0.15, 0.2) is 60.8 Å². The molecule has 0 bridgehead atoms. The first-order chi connectivity index (χ1) is 19.0. The van der Waals surface area contributed by atoms with E-state index in [-0.39, 0.29) is 5.91 Å². The maximum Gasteiger partial charge on any atom is 0.270 e. The molecule has 3 heterocycles. The second-order valence-electron chi connectivity index (χ2n) is 9.70. The molecule has 1 aliphatic heterocycles. The first kappa shape index (κ1) is 26.5. The van der Waals surface area contributed by atoms with Crippen LogP contribution in [0.5, 0.6) is 17.2 Å². The molecule has 10 nitrogen and oxygen atoms in total. The van der Waals surface area contributed by atoms with Gasteiger partial charge in [-0.1, -0.05) is 12.1 Å². The number of anilines is 2. The molecule has 5 rings (SSSR count). The van der Waals surface area contributed by atoms with Crippen molar-refractivity contribution in [2.75, 3.05) is 58.7 Å². The zero-order valence-corrected chi connectivity index (χ0v) is 22.7. The molecule has 1 aliphatic rings. The highest BCUT2D eigenvalue weighted by molar-refractivity contribution is 5.92. The number of hydrogen-bond donors (Lipinski definition) is 2. The van der Waals surface area contributed by atoms with Crippen LogP contribution < -0.4 is 20.1 Å². The summed E-state index contributed by atoms with van der Waals surface area (Å²) in [5.41, 5.74) is 2.89. The molecule has 0 saturated carbocycles. The third-order valence-electron chi connectivity index (χ3n) is 6.94. The predicted octanol–water partition coefficient (Wildman–Crippen LogP) is 3.88. The lowest BCUT2D eigenvalue weighted by atomic mass is 10.2. The maximum atomic E-state index is 12.7. The van der Waals surface area contributed by atoms with Gasteiger partial charge in [0, 0.05) is 58.1 Å². The summed E-state index contributed by atoms with van der Waals surface area (Å²) in [5, 5.41) is 6.32. The lowest BCUT2D eigenvalue weighted by Gasteiger charge is -2.32. The number of aromatic nitrogens is 3. The fourth-order valence-electron chi connectivity index (χ4n) is 4.62. The number of pyridine rings is 1. The van der Waals surface area contributed by atoms with E-state index < -0.39 is 0 Å². The van der Waals surface area contributed by atoms with Crippen molar-refractivity contribution in [3.8, 4) is 17.2 Å². The Bertz CT molecular complexity index is 1430. The molecule has 0 atom stereocenters. The van der Waals surface area contributed by atoms with Crippen LogP contribution in [0, 0.1) is 0 Å². The smallest absolute Gasteiger partial charge is 0.270 e. The lowest BCUT2D eigenvalue weighted by Crippen LogP contribution is -2.45. The molecule has 0 aliphatic carbocycles. The number of imidazole rings is 1. The van der Waals surface area contributed by atoms with Gasteiger partial charge in [-0.05, 0) is 50.3 Å². The average Bonchev–Trinajstić information content (AvgIpc) is 3.26. The first-order valence-electron chi connectivity index (χ1n) is 13.2. The number of likely N-dealkylation sites (N-methyl/N-ethyl adjacent to an activating group) is 1. The van der Waals surface area contributed by atoms with Crippen LogP contribution in [0.25, 0.3) is 11.0 Å². The van der Waals surface area contributed by atoms with Crippen molar-refractivity contribution in [1.29, 1.82) is 0 Å². The fraction of sp³-hybridized carbons (Fsp3) is 0.345. The van der Waals surface area contributed by atoms with Crippen LogP contribution in [-0.4, -0.2) is 83.7 Å². The number of benzene rings is 2. The second kappa shape index (κ2) is 12.1. The summed E-state index contributed by atoms with van der Waals surface area (Å²) in [6.07, 6.45) is 2.49. The SMILES string of the molecule is COc1ccccc1Nc1nc2cc(Oc3ccnc(C(=O)NCCCN4CCN(C)CC4)c3)ccc2n1C. The number of carbonyl (C=O) groups excluding carboxylic acids is 1. The highest BCUT2D eigenvalue weighted by Gasteiger charge is 2.15. The molecule has 2 aromatic heterocycles. The van der Waals surface area contributed by atoms with E-state index in [0.29, 0.717) is 29.7 Å². The molecule has 1 fully saturated rings. The molecule has 0 unspecified atom stereocenters. The third-order valence-corrected chi connectivity index (χ3v) is 6.94. The Labute approximate surface area is 228 Å². The van der Waals surface area contributed by atoms with Crippen molar-refractivity contribution in [3.05, 3.63) is 66.5 Å². The van der Waals surface area contributed by atoms with Crippen LogP contribution >= 0.6 is 0 Å². The molecule has 0 spiro atoms. The quantitative estimate of drug-likeness (QED) is 0.299. The topological polar surface area (TPSA) is 96.8 Å². The Hall–Kier alpha value is -4.15. The van der Waals surface area contributed by atoms with Crippen molar-refractivity contribution >= 4 is 28.6 Å². The third kappa shape index (κ3) is 6.47. The highest BCUT2D eigenvalue weighted by atomic mass is 16.5. The predicted molar refractivity (Wildman–Crippen MR) is 152 cm³/mol. The van der Waals surface area contributed by atoms with Crippen molar-refractivity contribution in [3.63, 3.8) is 0 Å². The number of rotatable bonds is 10. The molecule has 1 saturated heterocycles. The standard InChI is InChI=1S/C29H35N7O3/c1-34-15-17-36(18-16-34)14-6-12-31-28(37)25-20-22(11-13-30-25)39-21-9-10-26-24(19-21)33-29(35(26)2)32-23-7-4-5-8-27(23)38-3/h4-5,7-11,13,19-20H,6,12,14-18H2,1-3H3,(H,31,37)(H,32,33). The Morgan fingerprint density at radius 1 is 1.00 bits per heavy atom. The monoisotopic (exact) mass is 529 g/mol. The number of ether oxygens (including phenoxy) is 2. The van der Waals surface area contributed by atoms with Gasteiger partial charge in [-0.15, -0.1) is 0 Å². The number of aryl methyl sites for hydroxylation is 1. The molecule has 2 N–H and O–H groups in total. The molecule has 4 aromatic rings. The Kier molecular flexibility index (Phi) is 8.24. The van der Waals surface area contributed by atoms with Crippen LogP contribution in [0.3, 0.4) is 0 Å². The Morgan fingerprint density at radius 3 is 2.62 bits per heavy atom. The number of para-hydroxylation sites is 2. The van der Waals surface area contributed by atoms with Crippen LogP contribution in [0.4, 0.5) is 11.6 Å². The van der Waals surface area contributed by atoms with Gasteiger partial charge in [0.2, 0.25) is 5.95 Å². The maximum absolute atomic E-state index is 12.7. The second-order valence-corrected chi connectivity index (χ2v) is 9.70. The molecule has 1 amide bonds. The van der Waals surface area contributed by atoms with E-state index in [9.17, 15) is 4.79 Å². The summed E-state index contributed by atoms with van der Waals surface area (Å²) in [7, 11) is 5.74. The molecular weight excluding hydrogens is 494 g/mol. The number of piperazine rings is 1. The van der Waals surface area contributed by atoms with E-state index in [1.54, 1.807) is 25.4 Å². The van der Waals surface area contributed by atoms with Gasteiger partial charge in [-0.3, -0.25) is 9.78 Å². The normalized spacial score (nSPS) is 14.3. The van der Waals surface area contributed by atoms with Crippen LogP contribution in [0.2, 0.25) is 0 Å².